The summed E-state index contributed by atoms with van der Waals surface area (Å²) in [4.78, 5) is 1.67. The number of nitrogens with one attached hydrogen (secondary N) is 1. The van der Waals surface area contributed by atoms with E-state index >= 15 is 0 Å². The molecular weight excluding hydrogens is 256 g/mol. The third-order valence-corrected chi connectivity index (χ3v) is 3.87. The van der Waals surface area contributed by atoms with Gasteiger partial charge in [-0.25, -0.2) is 0 Å². The van der Waals surface area contributed by atoms with E-state index in [0.717, 1.165) is 29.4 Å². The van der Waals surface area contributed by atoms with Gasteiger partial charge >= 0.3 is 0 Å². The summed E-state index contributed by atoms with van der Waals surface area (Å²) in [5.41, 5.74) is 1.96. The van der Waals surface area contributed by atoms with Crippen LogP contribution in [0.1, 0.15) is 19.5 Å². The zero-order valence-corrected chi connectivity index (χ0v) is 12.2. The third-order valence-electron chi connectivity index (χ3n) is 2.73. The molecule has 2 rings (SSSR count). The second-order valence-corrected chi connectivity index (χ2v) is 5.72. The van der Waals surface area contributed by atoms with Crippen molar-refractivity contribution >= 4 is 11.8 Å². The van der Waals surface area contributed by atoms with Crippen molar-refractivity contribution in [2.45, 2.75) is 26.4 Å². The fraction of sp³-hybridized carbons (Fsp3) is 0.429. The first-order chi connectivity index (χ1) is 9.29. The van der Waals surface area contributed by atoms with Crippen LogP contribution in [0.2, 0.25) is 0 Å². The summed E-state index contributed by atoms with van der Waals surface area (Å²) in [5, 5.41) is 12.2. The summed E-state index contributed by atoms with van der Waals surface area (Å²) in [6.45, 7) is 5.14. The van der Waals surface area contributed by atoms with Crippen LogP contribution in [-0.2, 0) is 6.54 Å². The van der Waals surface area contributed by atoms with Gasteiger partial charge in [-0.1, -0.05) is 25.1 Å². The van der Waals surface area contributed by atoms with Gasteiger partial charge in [0.25, 0.3) is 0 Å². The highest BCUT2D eigenvalue weighted by Crippen LogP contribution is 2.05. The normalized spacial score (nSPS) is 12.5. The summed E-state index contributed by atoms with van der Waals surface area (Å²) in [5.74, 6) is 2.29. The minimum atomic E-state index is 0.492. The molecule has 0 fully saturated rings. The van der Waals surface area contributed by atoms with Gasteiger partial charge < -0.3 is 5.32 Å². The lowest BCUT2D eigenvalue weighted by Gasteiger charge is -2.11. The molecule has 0 radical (unpaired) electrons. The van der Waals surface area contributed by atoms with E-state index in [1.807, 2.05) is 48.3 Å². The zero-order chi connectivity index (χ0) is 13.5. The van der Waals surface area contributed by atoms with Crippen molar-refractivity contribution in [3.05, 3.63) is 42.2 Å². The largest absolute Gasteiger partial charge is 0.308 e. The lowest BCUT2D eigenvalue weighted by atomic mass is 10.3. The molecule has 19 heavy (non-hydrogen) atoms. The van der Waals surface area contributed by atoms with Gasteiger partial charge in [0, 0.05) is 18.3 Å². The Morgan fingerprint density at radius 2 is 2.11 bits per heavy atom. The van der Waals surface area contributed by atoms with Gasteiger partial charge in [-0.15, -0.1) is 0 Å². The maximum Gasteiger partial charge on any atom is 0.0969 e. The molecular formula is C14H20N4S. The van der Waals surface area contributed by atoms with Crippen molar-refractivity contribution in [1.82, 2.24) is 20.3 Å². The van der Waals surface area contributed by atoms with Crippen LogP contribution in [0.15, 0.2) is 36.5 Å². The number of benzene rings is 1. The van der Waals surface area contributed by atoms with Crippen molar-refractivity contribution < 1.29 is 0 Å². The highest BCUT2D eigenvalue weighted by molar-refractivity contribution is 7.99. The van der Waals surface area contributed by atoms with Crippen molar-refractivity contribution in [2.24, 2.45) is 0 Å². The quantitative estimate of drug-likeness (QED) is 0.844. The molecule has 1 unspecified atom stereocenters. The number of rotatable bonds is 7. The molecule has 2 aromatic rings. The van der Waals surface area contributed by atoms with E-state index in [2.05, 4.69) is 29.4 Å². The Morgan fingerprint density at radius 3 is 2.84 bits per heavy atom. The van der Waals surface area contributed by atoms with Crippen LogP contribution in [0.5, 0.6) is 0 Å². The average Bonchev–Trinajstić information content (AvgIpc) is 2.93. The molecule has 0 saturated heterocycles. The Kier molecular flexibility index (Phi) is 5.42. The lowest BCUT2D eigenvalue weighted by Crippen LogP contribution is -2.27. The van der Waals surface area contributed by atoms with Crippen LogP contribution in [0.3, 0.4) is 0 Å². The van der Waals surface area contributed by atoms with E-state index in [9.17, 15) is 0 Å². The highest BCUT2D eigenvalue weighted by atomic mass is 32.2. The Labute approximate surface area is 118 Å². The molecule has 0 aliphatic carbocycles. The van der Waals surface area contributed by atoms with E-state index in [-0.39, 0.29) is 0 Å². The first-order valence-corrected chi connectivity index (χ1v) is 7.73. The van der Waals surface area contributed by atoms with Gasteiger partial charge in [0.05, 0.1) is 17.6 Å². The Balaban J connectivity index is 1.88. The molecule has 0 amide bonds. The first-order valence-electron chi connectivity index (χ1n) is 6.57. The number of hydrogen-bond acceptors (Lipinski definition) is 4. The topological polar surface area (TPSA) is 42.7 Å². The maximum atomic E-state index is 4.47. The summed E-state index contributed by atoms with van der Waals surface area (Å²) in [6, 6.07) is 10.5. The molecule has 1 aromatic carbocycles. The minimum absolute atomic E-state index is 0.492. The van der Waals surface area contributed by atoms with Gasteiger partial charge in [-0.05, 0) is 24.8 Å². The van der Waals surface area contributed by atoms with Crippen LogP contribution < -0.4 is 5.32 Å². The summed E-state index contributed by atoms with van der Waals surface area (Å²) in [7, 11) is 0. The Morgan fingerprint density at radius 1 is 1.32 bits per heavy atom. The van der Waals surface area contributed by atoms with Gasteiger partial charge in [-0.3, -0.25) is 0 Å². The van der Waals surface area contributed by atoms with Crippen LogP contribution in [-0.4, -0.2) is 32.5 Å². The van der Waals surface area contributed by atoms with E-state index in [0.29, 0.717) is 6.04 Å². The SMILES string of the molecule is CCSCC(C)NCc1cnn(-c2ccccc2)n1. The summed E-state index contributed by atoms with van der Waals surface area (Å²) >= 11 is 1.95. The molecule has 0 saturated carbocycles. The number of para-hydroxylation sites is 1. The Hall–Kier alpha value is -1.33. The van der Waals surface area contributed by atoms with Crippen LogP contribution >= 0.6 is 11.8 Å². The summed E-state index contributed by atoms with van der Waals surface area (Å²) < 4.78 is 0. The molecule has 0 aliphatic rings. The molecule has 0 aliphatic heterocycles. The third kappa shape index (κ3) is 4.36. The molecule has 5 heteroatoms. The van der Waals surface area contributed by atoms with Gasteiger partial charge in [-0.2, -0.15) is 26.8 Å². The molecule has 0 bridgehead atoms. The fourth-order valence-corrected chi connectivity index (χ4v) is 2.40. The van der Waals surface area contributed by atoms with Gasteiger partial charge in [0.15, 0.2) is 0 Å². The van der Waals surface area contributed by atoms with E-state index in [4.69, 9.17) is 0 Å². The molecule has 4 nitrogen and oxygen atoms in total. The van der Waals surface area contributed by atoms with Gasteiger partial charge in [0.1, 0.15) is 0 Å². The van der Waals surface area contributed by atoms with Crippen molar-refractivity contribution in [3.8, 4) is 5.69 Å². The first kappa shape index (κ1) is 14.1. The average molecular weight is 276 g/mol. The van der Waals surface area contributed by atoms with Crippen LogP contribution in [0.4, 0.5) is 0 Å². The molecule has 1 aromatic heterocycles. The predicted octanol–water partition coefficient (Wildman–Crippen LogP) is 2.50. The standard InChI is InChI=1S/C14H20N4S/c1-3-19-11-12(2)15-9-13-10-16-18(17-13)14-7-5-4-6-8-14/h4-8,10,12,15H,3,9,11H2,1-2H3. The van der Waals surface area contributed by atoms with Crippen LogP contribution in [0.25, 0.3) is 5.69 Å². The predicted molar refractivity (Wildman–Crippen MR) is 80.7 cm³/mol. The second kappa shape index (κ2) is 7.31. The fourth-order valence-electron chi connectivity index (χ4n) is 1.69. The maximum absolute atomic E-state index is 4.47. The second-order valence-electron chi connectivity index (χ2n) is 4.40. The smallest absolute Gasteiger partial charge is 0.0969 e. The van der Waals surface area contributed by atoms with E-state index < -0.39 is 0 Å². The van der Waals surface area contributed by atoms with Gasteiger partial charge in [0.2, 0.25) is 0 Å². The van der Waals surface area contributed by atoms with Crippen molar-refractivity contribution in [2.75, 3.05) is 11.5 Å². The zero-order valence-electron chi connectivity index (χ0n) is 11.4. The van der Waals surface area contributed by atoms with E-state index in [1.54, 1.807) is 4.80 Å². The minimum Gasteiger partial charge on any atom is -0.308 e. The lowest BCUT2D eigenvalue weighted by molar-refractivity contribution is 0.583. The molecule has 1 heterocycles. The van der Waals surface area contributed by atoms with Crippen molar-refractivity contribution in [3.63, 3.8) is 0 Å². The number of nitrogens with zero attached hydrogens (tertiary/aromatic N) is 3. The molecule has 0 spiro atoms. The monoisotopic (exact) mass is 276 g/mol. The number of hydrogen-bond donors (Lipinski definition) is 1. The van der Waals surface area contributed by atoms with Crippen LogP contribution in [0, 0.1) is 0 Å². The van der Waals surface area contributed by atoms with Crippen molar-refractivity contribution in [1.29, 1.82) is 0 Å². The summed E-state index contributed by atoms with van der Waals surface area (Å²) in [6.07, 6.45) is 1.82. The molecule has 1 atom stereocenters. The van der Waals surface area contributed by atoms with E-state index in [1.165, 1.54) is 0 Å². The molecule has 102 valence electrons. The number of thioether (sulfide) groups is 1. The molecule has 1 N–H and O–H groups in total. The highest BCUT2D eigenvalue weighted by Gasteiger charge is 2.05. The Bertz CT molecular complexity index is 483. The number of aromatic nitrogens is 3.